The molecule has 0 amide bonds. The molecule has 0 atom stereocenters. The van der Waals surface area contributed by atoms with E-state index in [9.17, 15) is 0 Å². The van der Waals surface area contributed by atoms with E-state index < -0.39 is 0 Å². The van der Waals surface area contributed by atoms with Gasteiger partial charge in [-0.3, -0.25) is 4.84 Å². The first-order valence-corrected chi connectivity index (χ1v) is 5.03. The van der Waals surface area contributed by atoms with E-state index in [1.807, 2.05) is 6.92 Å². The highest BCUT2D eigenvalue weighted by Crippen LogP contribution is 2.19. The minimum Gasteiger partial charge on any atom is -0.298 e. The van der Waals surface area contributed by atoms with Gasteiger partial charge in [-0.1, -0.05) is 23.2 Å². The number of hydrogen-bond donors (Lipinski definition) is 1. The minimum atomic E-state index is 0.371. The van der Waals surface area contributed by atoms with Crippen molar-refractivity contribution in [2.24, 2.45) is 0 Å². The van der Waals surface area contributed by atoms with E-state index >= 15 is 0 Å². The third-order valence-electron chi connectivity index (χ3n) is 2.54. The Balaban J connectivity index is 1.70. The van der Waals surface area contributed by atoms with Crippen LogP contribution in [-0.2, 0) is 11.4 Å². The average molecular weight is 197 g/mol. The fraction of sp³-hybridized carbons (Fsp3) is 0.778. The molecule has 0 spiro atoms. The van der Waals surface area contributed by atoms with E-state index in [0.717, 1.165) is 24.2 Å². The molecule has 1 aromatic rings. The van der Waals surface area contributed by atoms with Crippen LogP contribution in [0.1, 0.15) is 37.1 Å². The Kier molecular flexibility index (Phi) is 3.10. The molecule has 78 valence electrons. The molecule has 1 aliphatic rings. The number of rotatable bonds is 4. The van der Waals surface area contributed by atoms with Crippen LogP contribution in [0.4, 0.5) is 0 Å². The van der Waals surface area contributed by atoms with Gasteiger partial charge in [-0.25, -0.2) is 4.63 Å². The van der Waals surface area contributed by atoms with Crippen molar-refractivity contribution in [2.75, 3.05) is 0 Å². The number of hydroxylamine groups is 1. The summed E-state index contributed by atoms with van der Waals surface area (Å²) in [7, 11) is 0. The molecule has 14 heavy (non-hydrogen) atoms. The summed E-state index contributed by atoms with van der Waals surface area (Å²) in [5.74, 6) is 0. The zero-order chi connectivity index (χ0) is 9.80. The minimum absolute atomic E-state index is 0.371. The Labute approximate surface area is 82.7 Å². The molecule has 0 saturated heterocycles. The monoisotopic (exact) mass is 197 g/mol. The molecule has 2 rings (SSSR count). The quantitative estimate of drug-likeness (QED) is 0.738. The van der Waals surface area contributed by atoms with Crippen LogP contribution in [0.5, 0.6) is 0 Å². The smallest absolute Gasteiger partial charge is 0.124 e. The van der Waals surface area contributed by atoms with Gasteiger partial charge in [-0.15, -0.1) is 0 Å². The number of nitrogens with one attached hydrogen (secondary N) is 1. The van der Waals surface area contributed by atoms with Crippen LogP contribution in [0.25, 0.3) is 0 Å². The van der Waals surface area contributed by atoms with Gasteiger partial charge in [0.15, 0.2) is 0 Å². The lowest BCUT2D eigenvalue weighted by Crippen LogP contribution is -2.21. The van der Waals surface area contributed by atoms with E-state index in [1.54, 1.807) is 0 Å². The lowest BCUT2D eigenvalue weighted by molar-refractivity contribution is -0.0252. The van der Waals surface area contributed by atoms with E-state index in [1.165, 1.54) is 12.8 Å². The lowest BCUT2D eigenvalue weighted by Gasteiger charge is -2.10. The van der Waals surface area contributed by atoms with Gasteiger partial charge in [0.25, 0.3) is 0 Å². The number of hydrogen-bond acceptors (Lipinski definition) is 5. The first-order chi connectivity index (χ1) is 6.86. The summed E-state index contributed by atoms with van der Waals surface area (Å²) in [6.07, 6.45) is 5.23. The van der Waals surface area contributed by atoms with Crippen molar-refractivity contribution in [3.8, 4) is 0 Å². The summed E-state index contributed by atoms with van der Waals surface area (Å²) < 4.78 is 4.57. The SMILES string of the molecule is Cc1nonc1CNOC1CCCC1. The van der Waals surface area contributed by atoms with Crippen molar-refractivity contribution in [1.82, 2.24) is 15.8 Å². The van der Waals surface area contributed by atoms with Gasteiger partial charge in [0.1, 0.15) is 11.4 Å². The molecule has 1 aliphatic carbocycles. The van der Waals surface area contributed by atoms with Gasteiger partial charge in [-0.05, 0) is 19.8 Å². The third kappa shape index (κ3) is 2.30. The number of nitrogens with zero attached hydrogens (tertiary/aromatic N) is 2. The summed E-state index contributed by atoms with van der Waals surface area (Å²) in [5.41, 5.74) is 4.53. The molecular formula is C9H15N3O2. The molecule has 1 fully saturated rings. The highest BCUT2D eigenvalue weighted by atomic mass is 16.7. The predicted molar refractivity (Wildman–Crippen MR) is 49.2 cm³/mol. The second kappa shape index (κ2) is 4.52. The average Bonchev–Trinajstić information content (AvgIpc) is 2.78. The topological polar surface area (TPSA) is 60.2 Å². The summed E-state index contributed by atoms with van der Waals surface area (Å²) in [5, 5.41) is 7.44. The summed E-state index contributed by atoms with van der Waals surface area (Å²) in [4.78, 5) is 5.47. The zero-order valence-electron chi connectivity index (χ0n) is 8.32. The summed E-state index contributed by atoms with van der Waals surface area (Å²) in [6.45, 7) is 2.43. The molecule has 1 aromatic heterocycles. The largest absolute Gasteiger partial charge is 0.298 e. The van der Waals surface area contributed by atoms with Crippen LogP contribution in [-0.4, -0.2) is 16.4 Å². The first-order valence-electron chi connectivity index (χ1n) is 5.03. The maximum Gasteiger partial charge on any atom is 0.124 e. The molecule has 0 aliphatic heterocycles. The van der Waals surface area contributed by atoms with Crippen molar-refractivity contribution >= 4 is 0 Å². The molecule has 1 saturated carbocycles. The Morgan fingerprint density at radius 1 is 1.43 bits per heavy atom. The Morgan fingerprint density at radius 2 is 2.21 bits per heavy atom. The highest BCUT2D eigenvalue weighted by molar-refractivity contribution is 5.03. The Hall–Kier alpha value is -0.940. The molecule has 0 aromatic carbocycles. The van der Waals surface area contributed by atoms with Gasteiger partial charge in [0, 0.05) is 0 Å². The van der Waals surface area contributed by atoms with E-state index in [2.05, 4.69) is 20.4 Å². The fourth-order valence-corrected chi connectivity index (χ4v) is 1.64. The van der Waals surface area contributed by atoms with Gasteiger partial charge < -0.3 is 0 Å². The molecule has 0 bridgehead atoms. The standard InChI is InChI=1S/C9H15N3O2/c1-7-9(12-14-11-7)6-10-13-8-4-2-3-5-8/h8,10H,2-6H2,1H3. The maximum absolute atomic E-state index is 5.47. The second-order valence-electron chi connectivity index (χ2n) is 3.64. The van der Waals surface area contributed by atoms with Crippen LogP contribution in [0.15, 0.2) is 4.63 Å². The van der Waals surface area contributed by atoms with Crippen LogP contribution in [0.2, 0.25) is 0 Å². The van der Waals surface area contributed by atoms with E-state index in [-0.39, 0.29) is 0 Å². The van der Waals surface area contributed by atoms with Crippen molar-refractivity contribution in [3.63, 3.8) is 0 Å². The van der Waals surface area contributed by atoms with Crippen molar-refractivity contribution in [3.05, 3.63) is 11.4 Å². The van der Waals surface area contributed by atoms with Crippen molar-refractivity contribution < 1.29 is 9.47 Å². The molecule has 5 nitrogen and oxygen atoms in total. The van der Waals surface area contributed by atoms with Crippen LogP contribution in [0, 0.1) is 6.92 Å². The summed E-state index contributed by atoms with van der Waals surface area (Å²) >= 11 is 0. The summed E-state index contributed by atoms with van der Waals surface area (Å²) in [6, 6.07) is 0. The zero-order valence-corrected chi connectivity index (χ0v) is 8.32. The molecule has 5 heteroatoms. The van der Waals surface area contributed by atoms with E-state index in [0.29, 0.717) is 12.6 Å². The van der Waals surface area contributed by atoms with Crippen LogP contribution < -0.4 is 5.48 Å². The van der Waals surface area contributed by atoms with Crippen LogP contribution >= 0.6 is 0 Å². The first kappa shape index (κ1) is 9.61. The fourth-order valence-electron chi connectivity index (χ4n) is 1.64. The predicted octanol–water partition coefficient (Wildman–Crippen LogP) is 1.34. The molecule has 0 radical (unpaired) electrons. The number of aryl methyl sites for hydroxylation is 1. The van der Waals surface area contributed by atoms with Gasteiger partial charge in [0.05, 0.1) is 12.6 Å². The van der Waals surface area contributed by atoms with Crippen molar-refractivity contribution in [1.29, 1.82) is 0 Å². The highest BCUT2D eigenvalue weighted by Gasteiger charge is 2.15. The third-order valence-corrected chi connectivity index (χ3v) is 2.54. The van der Waals surface area contributed by atoms with Crippen molar-refractivity contribution in [2.45, 2.75) is 45.3 Å². The van der Waals surface area contributed by atoms with Gasteiger partial charge in [-0.2, -0.15) is 5.48 Å². The Bertz CT molecular complexity index is 281. The molecule has 0 unspecified atom stereocenters. The maximum atomic E-state index is 5.47. The second-order valence-corrected chi connectivity index (χ2v) is 3.64. The van der Waals surface area contributed by atoms with E-state index in [4.69, 9.17) is 4.84 Å². The molecule has 1 N–H and O–H groups in total. The number of aromatic nitrogens is 2. The normalized spacial score (nSPS) is 17.8. The Morgan fingerprint density at radius 3 is 2.86 bits per heavy atom. The lowest BCUT2D eigenvalue weighted by atomic mass is 10.3. The molecule has 1 heterocycles. The van der Waals surface area contributed by atoms with Crippen LogP contribution in [0.3, 0.4) is 0 Å². The van der Waals surface area contributed by atoms with Gasteiger partial charge in [0.2, 0.25) is 0 Å². The van der Waals surface area contributed by atoms with Gasteiger partial charge >= 0.3 is 0 Å². The molecular weight excluding hydrogens is 182 g/mol.